The highest BCUT2D eigenvalue weighted by atomic mass is 32.1. The van der Waals surface area contributed by atoms with E-state index in [1.165, 1.54) is 4.68 Å². The summed E-state index contributed by atoms with van der Waals surface area (Å²) < 4.78 is 8.03. The number of hydrogen-bond acceptors (Lipinski definition) is 5. The number of methoxy groups -OCH3 is 1. The van der Waals surface area contributed by atoms with Crippen LogP contribution in [0.15, 0.2) is 53.3 Å². The molecule has 0 saturated carbocycles. The van der Waals surface area contributed by atoms with Crippen LogP contribution in [-0.4, -0.2) is 16.9 Å². The quantitative estimate of drug-likeness (QED) is 0.518. The molecule has 0 fully saturated rings. The molecule has 2 heterocycles. The van der Waals surface area contributed by atoms with Gasteiger partial charge in [-0.15, -0.1) is 11.3 Å². The van der Waals surface area contributed by atoms with E-state index in [-0.39, 0.29) is 5.56 Å². The van der Waals surface area contributed by atoms with Crippen molar-refractivity contribution in [3.63, 3.8) is 0 Å². The molecule has 0 radical (unpaired) electrons. The monoisotopic (exact) mass is 387 g/mol. The zero-order valence-corrected chi connectivity index (χ0v) is 16.5. The number of nitrogens with zero attached hydrogens (tertiary/aromatic N) is 3. The first-order valence-corrected chi connectivity index (χ1v) is 9.51. The second-order valence-electron chi connectivity index (χ2n) is 6.41. The van der Waals surface area contributed by atoms with Crippen molar-refractivity contribution < 1.29 is 4.74 Å². The molecule has 6 heteroatoms. The third-order valence-electron chi connectivity index (χ3n) is 4.69. The maximum absolute atomic E-state index is 13.1. The van der Waals surface area contributed by atoms with Crippen molar-refractivity contribution in [1.29, 1.82) is 5.26 Å². The molecule has 2 aromatic heterocycles. The van der Waals surface area contributed by atoms with E-state index in [4.69, 9.17) is 10.00 Å². The first-order valence-electron chi connectivity index (χ1n) is 8.69. The molecule has 0 aliphatic carbocycles. The second-order valence-corrected chi connectivity index (χ2v) is 7.47. The Hall–Kier alpha value is -3.43. The largest absolute Gasteiger partial charge is 0.494 e. The smallest absolute Gasteiger partial charge is 0.278 e. The predicted molar refractivity (Wildman–Crippen MR) is 112 cm³/mol. The molecule has 0 N–H and O–H groups in total. The first kappa shape index (κ1) is 18.0. The standard InChI is InChI=1S/C22H17N3O2S/c1-13-20(27-3)19(22(26)25(2)24-13)18-16-6-4-5-7-17(16)28-21(18)15-10-8-14(12-23)9-11-15/h4-11H,1-3H3. The predicted octanol–water partition coefficient (Wildman–Crippen LogP) is 4.52. The Kier molecular flexibility index (Phi) is 4.46. The molecule has 28 heavy (non-hydrogen) atoms. The Bertz CT molecular complexity index is 1290. The van der Waals surface area contributed by atoms with Gasteiger partial charge in [0.2, 0.25) is 0 Å². The second kappa shape index (κ2) is 6.95. The maximum Gasteiger partial charge on any atom is 0.278 e. The van der Waals surface area contributed by atoms with E-state index in [0.717, 1.165) is 26.1 Å². The van der Waals surface area contributed by atoms with E-state index >= 15 is 0 Å². The van der Waals surface area contributed by atoms with Crippen LogP contribution in [0.4, 0.5) is 0 Å². The lowest BCUT2D eigenvalue weighted by atomic mass is 9.98. The summed E-state index contributed by atoms with van der Waals surface area (Å²) in [6.45, 7) is 1.83. The fourth-order valence-electron chi connectivity index (χ4n) is 3.42. The van der Waals surface area contributed by atoms with Crippen LogP contribution < -0.4 is 10.3 Å². The lowest BCUT2D eigenvalue weighted by Gasteiger charge is -2.13. The Morgan fingerprint density at radius 1 is 1.11 bits per heavy atom. The molecule has 0 spiro atoms. The van der Waals surface area contributed by atoms with E-state index in [1.807, 2.05) is 43.3 Å². The lowest BCUT2D eigenvalue weighted by molar-refractivity contribution is 0.405. The molecule has 0 bridgehead atoms. The molecule has 2 aromatic carbocycles. The third-order valence-corrected chi connectivity index (χ3v) is 5.91. The van der Waals surface area contributed by atoms with Crippen LogP contribution in [0.2, 0.25) is 0 Å². The number of aryl methyl sites for hydroxylation is 2. The van der Waals surface area contributed by atoms with Gasteiger partial charge in [-0.25, -0.2) is 4.68 Å². The van der Waals surface area contributed by atoms with Crippen molar-refractivity contribution in [2.24, 2.45) is 7.05 Å². The molecular formula is C22H17N3O2S. The zero-order chi connectivity index (χ0) is 19.8. The Morgan fingerprint density at radius 2 is 1.82 bits per heavy atom. The van der Waals surface area contributed by atoms with Gasteiger partial charge < -0.3 is 4.74 Å². The molecule has 0 aliphatic heterocycles. The van der Waals surface area contributed by atoms with Crippen LogP contribution in [0.25, 0.3) is 31.7 Å². The lowest BCUT2D eigenvalue weighted by Crippen LogP contribution is -2.23. The topological polar surface area (TPSA) is 67.9 Å². The van der Waals surface area contributed by atoms with Crippen LogP contribution in [0.1, 0.15) is 11.3 Å². The van der Waals surface area contributed by atoms with Crippen molar-refractivity contribution in [3.8, 4) is 33.4 Å². The molecule has 5 nitrogen and oxygen atoms in total. The van der Waals surface area contributed by atoms with Crippen LogP contribution in [0, 0.1) is 18.3 Å². The molecule has 0 amide bonds. The van der Waals surface area contributed by atoms with Crippen molar-refractivity contribution in [2.75, 3.05) is 7.11 Å². The normalized spacial score (nSPS) is 10.8. The fraction of sp³-hybridized carbons (Fsp3) is 0.136. The molecular weight excluding hydrogens is 370 g/mol. The zero-order valence-electron chi connectivity index (χ0n) is 15.7. The highest BCUT2D eigenvalue weighted by Crippen LogP contribution is 2.46. The van der Waals surface area contributed by atoms with Gasteiger partial charge in [-0.05, 0) is 30.7 Å². The van der Waals surface area contributed by atoms with Gasteiger partial charge in [0.1, 0.15) is 5.69 Å². The van der Waals surface area contributed by atoms with Gasteiger partial charge >= 0.3 is 0 Å². The van der Waals surface area contributed by atoms with Crippen LogP contribution in [0.5, 0.6) is 5.75 Å². The maximum atomic E-state index is 13.1. The Labute approximate surface area is 166 Å². The fourth-order valence-corrected chi connectivity index (χ4v) is 4.63. The number of benzene rings is 2. The summed E-state index contributed by atoms with van der Waals surface area (Å²) in [5, 5.41) is 14.4. The molecule has 4 aromatic rings. The van der Waals surface area contributed by atoms with Crippen molar-refractivity contribution in [2.45, 2.75) is 6.92 Å². The van der Waals surface area contributed by atoms with Crippen molar-refractivity contribution in [3.05, 3.63) is 70.1 Å². The van der Waals surface area contributed by atoms with Gasteiger partial charge in [0.25, 0.3) is 5.56 Å². The van der Waals surface area contributed by atoms with Gasteiger partial charge in [-0.2, -0.15) is 10.4 Å². The van der Waals surface area contributed by atoms with Crippen LogP contribution in [0.3, 0.4) is 0 Å². The van der Waals surface area contributed by atoms with Crippen LogP contribution >= 0.6 is 11.3 Å². The molecule has 138 valence electrons. The van der Waals surface area contributed by atoms with Gasteiger partial charge in [0.05, 0.1) is 24.3 Å². The third kappa shape index (κ3) is 2.77. The summed E-state index contributed by atoms with van der Waals surface area (Å²) in [5.74, 6) is 0.488. The minimum Gasteiger partial charge on any atom is -0.494 e. The molecule has 4 rings (SSSR count). The highest BCUT2D eigenvalue weighted by Gasteiger charge is 2.24. The number of thiophene rings is 1. The summed E-state index contributed by atoms with van der Waals surface area (Å²) in [6.07, 6.45) is 0. The highest BCUT2D eigenvalue weighted by molar-refractivity contribution is 7.23. The summed E-state index contributed by atoms with van der Waals surface area (Å²) in [5.41, 5.74) is 3.34. The minimum absolute atomic E-state index is 0.208. The van der Waals surface area contributed by atoms with Gasteiger partial charge in [0.15, 0.2) is 5.75 Å². The minimum atomic E-state index is -0.208. The average molecular weight is 387 g/mol. The number of fused-ring (bicyclic) bond motifs is 1. The summed E-state index contributed by atoms with van der Waals surface area (Å²) in [4.78, 5) is 14.1. The summed E-state index contributed by atoms with van der Waals surface area (Å²) in [6, 6.07) is 17.6. The molecule has 0 saturated heterocycles. The number of hydrogen-bond donors (Lipinski definition) is 0. The average Bonchev–Trinajstić information content (AvgIpc) is 3.09. The number of aromatic nitrogens is 2. The van der Waals surface area contributed by atoms with Gasteiger partial charge in [0, 0.05) is 27.6 Å². The van der Waals surface area contributed by atoms with Crippen molar-refractivity contribution >= 4 is 21.4 Å². The van der Waals surface area contributed by atoms with E-state index < -0.39 is 0 Å². The molecule has 0 unspecified atom stereocenters. The SMILES string of the molecule is COc1c(C)nn(C)c(=O)c1-c1c(-c2ccc(C#N)cc2)sc2ccccc12. The van der Waals surface area contributed by atoms with E-state index in [1.54, 1.807) is 37.6 Å². The summed E-state index contributed by atoms with van der Waals surface area (Å²) >= 11 is 1.62. The van der Waals surface area contributed by atoms with E-state index in [0.29, 0.717) is 22.6 Å². The Morgan fingerprint density at radius 3 is 2.50 bits per heavy atom. The number of nitriles is 1. The summed E-state index contributed by atoms with van der Waals surface area (Å²) in [7, 11) is 3.21. The van der Waals surface area contributed by atoms with Gasteiger partial charge in [-0.3, -0.25) is 4.79 Å². The molecule has 0 atom stereocenters. The van der Waals surface area contributed by atoms with E-state index in [9.17, 15) is 4.79 Å². The van der Waals surface area contributed by atoms with Crippen LogP contribution in [-0.2, 0) is 7.05 Å². The van der Waals surface area contributed by atoms with Crippen molar-refractivity contribution in [1.82, 2.24) is 9.78 Å². The first-order chi connectivity index (χ1) is 13.5. The van der Waals surface area contributed by atoms with Gasteiger partial charge in [-0.1, -0.05) is 30.3 Å². The van der Waals surface area contributed by atoms with E-state index in [2.05, 4.69) is 11.2 Å². The number of ether oxygens (including phenoxy) is 1. The number of rotatable bonds is 3. The molecule has 0 aliphatic rings. The Balaban J connectivity index is 2.13.